The monoisotopic (exact) mass is 276 g/mol. The van der Waals surface area contributed by atoms with E-state index in [4.69, 9.17) is 0 Å². The van der Waals surface area contributed by atoms with Gasteiger partial charge >= 0.3 is 5.69 Å². The van der Waals surface area contributed by atoms with Gasteiger partial charge in [0.15, 0.2) is 0 Å². The van der Waals surface area contributed by atoms with Crippen molar-refractivity contribution in [1.82, 2.24) is 25.5 Å². The zero-order valence-corrected chi connectivity index (χ0v) is 11.3. The minimum Gasteiger partial charge on any atom is -0.363 e. The Hall–Kier alpha value is -2.64. The Bertz CT molecular complexity index is 645. The van der Waals surface area contributed by atoms with Gasteiger partial charge in [0.1, 0.15) is 11.6 Å². The predicted molar refractivity (Wildman–Crippen MR) is 73.8 cm³/mol. The van der Waals surface area contributed by atoms with E-state index < -0.39 is 0 Å². The Balaban J connectivity index is 1.91. The van der Waals surface area contributed by atoms with E-state index in [0.29, 0.717) is 30.2 Å². The third-order valence-electron chi connectivity index (χ3n) is 2.66. The lowest BCUT2D eigenvalue weighted by Gasteiger charge is -2.12. The number of aromatic amines is 2. The molecule has 106 valence electrons. The summed E-state index contributed by atoms with van der Waals surface area (Å²) < 4.78 is 0. The molecule has 0 atom stereocenters. The molecule has 0 aromatic carbocycles. The molecule has 3 N–H and O–H groups in total. The molecule has 0 radical (unpaired) electrons. The summed E-state index contributed by atoms with van der Waals surface area (Å²) >= 11 is 0. The molecule has 2 aromatic rings. The Kier molecular flexibility index (Phi) is 4.14. The van der Waals surface area contributed by atoms with Crippen molar-refractivity contribution in [2.24, 2.45) is 0 Å². The van der Waals surface area contributed by atoms with E-state index in [1.54, 1.807) is 18.3 Å². The van der Waals surface area contributed by atoms with E-state index in [-0.39, 0.29) is 11.6 Å². The Morgan fingerprint density at radius 2 is 2.25 bits per heavy atom. The number of nitrogens with zero attached hydrogens (tertiary/aromatic N) is 3. The van der Waals surface area contributed by atoms with Gasteiger partial charge in [-0.15, -0.1) is 0 Å². The Morgan fingerprint density at radius 1 is 1.45 bits per heavy atom. The molecular formula is C12H16N6O2. The first-order valence-corrected chi connectivity index (χ1v) is 6.11. The van der Waals surface area contributed by atoms with Gasteiger partial charge in [-0.25, -0.2) is 14.9 Å². The molecule has 2 heterocycles. The van der Waals surface area contributed by atoms with Crippen molar-refractivity contribution in [1.29, 1.82) is 0 Å². The third kappa shape index (κ3) is 3.44. The number of nitrogens with one attached hydrogen (secondary N) is 3. The molecule has 0 spiro atoms. The van der Waals surface area contributed by atoms with E-state index in [1.165, 1.54) is 0 Å². The quantitative estimate of drug-likeness (QED) is 0.684. The number of carbonyl (C=O) groups is 1. The number of anilines is 1. The number of aromatic nitrogens is 4. The van der Waals surface area contributed by atoms with E-state index in [9.17, 15) is 9.59 Å². The second-order valence-corrected chi connectivity index (χ2v) is 4.43. The van der Waals surface area contributed by atoms with Crippen LogP contribution in [0.1, 0.15) is 16.2 Å². The molecule has 0 aliphatic carbocycles. The average molecular weight is 276 g/mol. The molecule has 0 bridgehead atoms. The van der Waals surface area contributed by atoms with Crippen LogP contribution < -0.4 is 15.9 Å². The van der Waals surface area contributed by atoms with Crippen LogP contribution in [0.4, 0.5) is 5.82 Å². The lowest BCUT2D eigenvalue weighted by Crippen LogP contribution is -2.26. The molecule has 0 aliphatic rings. The fourth-order valence-corrected chi connectivity index (χ4v) is 1.62. The van der Waals surface area contributed by atoms with Gasteiger partial charge in [-0.3, -0.25) is 9.78 Å². The number of hydrogen-bond donors (Lipinski definition) is 3. The highest BCUT2D eigenvalue weighted by Gasteiger charge is 2.07. The first kappa shape index (κ1) is 13.8. The van der Waals surface area contributed by atoms with Crippen LogP contribution in [-0.4, -0.2) is 46.7 Å². The second-order valence-electron chi connectivity index (χ2n) is 4.43. The summed E-state index contributed by atoms with van der Waals surface area (Å²) in [7, 11) is 3.72. The summed E-state index contributed by atoms with van der Waals surface area (Å²) in [6.07, 6.45) is 2.05. The van der Waals surface area contributed by atoms with E-state index in [0.717, 1.165) is 0 Å². The zero-order valence-electron chi connectivity index (χ0n) is 11.3. The maximum Gasteiger partial charge on any atom is 0.340 e. The van der Waals surface area contributed by atoms with Gasteiger partial charge < -0.3 is 10.2 Å². The van der Waals surface area contributed by atoms with Crippen molar-refractivity contribution in [3.05, 3.63) is 40.2 Å². The zero-order chi connectivity index (χ0) is 14.5. The molecule has 0 unspecified atom stereocenters. The summed E-state index contributed by atoms with van der Waals surface area (Å²) in [5, 5.41) is 8.79. The van der Waals surface area contributed by atoms with E-state index >= 15 is 0 Å². The number of amides is 1. The summed E-state index contributed by atoms with van der Waals surface area (Å²) in [4.78, 5) is 31.3. The molecular weight excluding hydrogens is 260 g/mol. The third-order valence-corrected chi connectivity index (χ3v) is 2.66. The first-order valence-electron chi connectivity index (χ1n) is 6.11. The number of rotatable bonds is 5. The molecule has 1 amide bonds. The fourth-order valence-electron chi connectivity index (χ4n) is 1.62. The normalized spacial score (nSPS) is 10.3. The van der Waals surface area contributed by atoms with Crippen LogP contribution in [0.2, 0.25) is 0 Å². The van der Waals surface area contributed by atoms with Crippen LogP contribution >= 0.6 is 0 Å². The van der Waals surface area contributed by atoms with Gasteiger partial charge in [-0.05, 0) is 12.1 Å². The number of H-pyrrole nitrogens is 2. The number of pyridine rings is 1. The summed E-state index contributed by atoms with van der Waals surface area (Å²) in [6, 6.07) is 3.37. The van der Waals surface area contributed by atoms with Crippen molar-refractivity contribution in [2.75, 3.05) is 25.5 Å². The first-order chi connectivity index (χ1) is 9.56. The van der Waals surface area contributed by atoms with Crippen molar-refractivity contribution in [3.8, 4) is 0 Å². The minimum absolute atomic E-state index is 0.187. The lowest BCUT2D eigenvalue weighted by molar-refractivity contribution is 0.0954. The maximum absolute atomic E-state index is 12.0. The molecule has 20 heavy (non-hydrogen) atoms. The van der Waals surface area contributed by atoms with Crippen molar-refractivity contribution in [3.63, 3.8) is 0 Å². The standard InChI is InChI=1S/C12H16N6O2/c1-18(2)10-7-8(3-5-13-10)11(19)14-6-4-9-15-12(20)17-16-9/h3,5,7H,4,6H2,1-2H3,(H,14,19)(H2,15,16,17,20). The summed E-state index contributed by atoms with van der Waals surface area (Å²) in [5.41, 5.74) is 0.190. The number of hydrogen-bond acceptors (Lipinski definition) is 5. The predicted octanol–water partition coefficient (Wildman–Crippen LogP) is -0.468. The average Bonchev–Trinajstić information content (AvgIpc) is 2.84. The van der Waals surface area contributed by atoms with Gasteiger partial charge in [-0.2, -0.15) is 5.10 Å². The minimum atomic E-state index is -0.351. The fraction of sp³-hybridized carbons (Fsp3) is 0.333. The summed E-state index contributed by atoms with van der Waals surface area (Å²) in [5.74, 6) is 1.04. The Labute approximate surface area is 115 Å². The second kappa shape index (κ2) is 6.00. The topological polar surface area (TPSA) is 107 Å². The molecule has 2 aromatic heterocycles. The number of carbonyl (C=O) groups excluding carboxylic acids is 1. The highest BCUT2D eigenvalue weighted by atomic mass is 16.2. The SMILES string of the molecule is CN(C)c1cc(C(=O)NCCc2n[nH]c(=O)[nH]2)ccn1. The van der Waals surface area contributed by atoms with Crippen LogP contribution in [0.3, 0.4) is 0 Å². The molecule has 0 saturated carbocycles. The highest BCUT2D eigenvalue weighted by molar-refractivity contribution is 5.94. The van der Waals surface area contributed by atoms with Gasteiger partial charge in [0.05, 0.1) is 0 Å². The van der Waals surface area contributed by atoms with Crippen LogP contribution in [0.25, 0.3) is 0 Å². The molecule has 0 aliphatic heterocycles. The maximum atomic E-state index is 12.0. The molecule has 0 fully saturated rings. The van der Waals surface area contributed by atoms with E-state index in [2.05, 4.69) is 25.5 Å². The van der Waals surface area contributed by atoms with Crippen molar-refractivity contribution >= 4 is 11.7 Å². The van der Waals surface area contributed by atoms with Crippen molar-refractivity contribution in [2.45, 2.75) is 6.42 Å². The molecule has 0 saturated heterocycles. The smallest absolute Gasteiger partial charge is 0.340 e. The largest absolute Gasteiger partial charge is 0.363 e. The van der Waals surface area contributed by atoms with Gasteiger partial charge in [0, 0.05) is 38.8 Å². The van der Waals surface area contributed by atoms with Gasteiger partial charge in [0.25, 0.3) is 5.91 Å². The Morgan fingerprint density at radius 3 is 2.90 bits per heavy atom. The van der Waals surface area contributed by atoms with E-state index in [1.807, 2.05) is 19.0 Å². The van der Waals surface area contributed by atoms with Crippen LogP contribution in [0.15, 0.2) is 23.1 Å². The molecule has 8 heteroatoms. The summed E-state index contributed by atoms with van der Waals surface area (Å²) in [6.45, 7) is 0.388. The van der Waals surface area contributed by atoms with Crippen LogP contribution in [-0.2, 0) is 6.42 Å². The highest BCUT2D eigenvalue weighted by Crippen LogP contribution is 2.09. The van der Waals surface area contributed by atoms with Crippen molar-refractivity contribution < 1.29 is 4.79 Å². The molecule has 2 rings (SSSR count). The van der Waals surface area contributed by atoms with Gasteiger partial charge in [-0.1, -0.05) is 0 Å². The van der Waals surface area contributed by atoms with Gasteiger partial charge in [0.2, 0.25) is 0 Å². The molecule has 8 nitrogen and oxygen atoms in total. The van der Waals surface area contributed by atoms with Crippen LogP contribution in [0, 0.1) is 0 Å². The van der Waals surface area contributed by atoms with Crippen LogP contribution in [0.5, 0.6) is 0 Å². The lowest BCUT2D eigenvalue weighted by atomic mass is 10.2.